The molecule has 0 aromatic heterocycles. The number of halogens is 1. The quantitative estimate of drug-likeness (QED) is 0.808. The molecule has 0 fully saturated rings. The zero-order valence-corrected chi connectivity index (χ0v) is 13.2. The van der Waals surface area contributed by atoms with Gasteiger partial charge in [0.2, 0.25) is 0 Å². The molecule has 3 heteroatoms. The molecule has 2 unspecified atom stereocenters. The smallest absolute Gasteiger partial charge is 0.0466 e. The maximum Gasteiger partial charge on any atom is 0.0466 e. The SMILES string of the molecule is CCC(N)C(SCc1ccccc1)c1ccccc1Cl. The summed E-state index contributed by atoms with van der Waals surface area (Å²) in [5, 5.41) is 1.04. The van der Waals surface area contributed by atoms with Crippen LogP contribution in [0.3, 0.4) is 0 Å². The number of thioether (sulfide) groups is 1. The Labute approximate surface area is 130 Å². The van der Waals surface area contributed by atoms with E-state index in [2.05, 4.69) is 37.3 Å². The topological polar surface area (TPSA) is 26.0 Å². The average Bonchev–Trinajstić information content (AvgIpc) is 2.50. The molecule has 0 aliphatic carbocycles. The Hall–Kier alpha value is -0.960. The van der Waals surface area contributed by atoms with Gasteiger partial charge in [-0.15, -0.1) is 11.8 Å². The van der Waals surface area contributed by atoms with Gasteiger partial charge in [0.15, 0.2) is 0 Å². The van der Waals surface area contributed by atoms with Crippen LogP contribution in [-0.4, -0.2) is 6.04 Å². The van der Waals surface area contributed by atoms with Crippen molar-refractivity contribution in [1.29, 1.82) is 0 Å². The molecule has 2 aromatic carbocycles. The number of benzene rings is 2. The fraction of sp³-hybridized carbons (Fsp3) is 0.294. The van der Waals surface area contributed by atoms with E-state index in [4.69, 9.17) is 17.3 Å². The summed E-state index contributed by atoms with van der Waals surface area (Å²) in [5.41, 5.74) is 8.76. The molecule has 0 spiro atoms. The summed E-state index contributed by atoms with van der Waals surface area (Å²) in [5.74, 6) is 0.949. The van der Waals surface area contributed by atoms with E-state index in [1.54, 1.807) is 0 Å². The van der Waals surface area contributed by atoms with Crippen molar-refractivity contribution in [3.05, 3.63) is 70.7 Å². The Bertz CT molecular complexity index is 530. The first-order chi connectivity index (χ1) is 9.72. The maximum atomic E-state index is 6.33. The molecular formula is C17H20ClNS. The predicted octanol–water partition coefficient (Wildman–Crippen LogP) is 5.05. The highest BCUT2D eigenvalue weighted by atomic mass is 35.5. The summed E-state index contributed by atoms with van der Waals surface area (Å²) in [6.07, 6.45) is 0.942. The van der Waals surface area contributed by atoms with Crippen LogP contribution in [0.5, 0.6) is 0 Å². The Morgan fingerprint density at radius 2 is 1.70 bits per heavy atom. The van der Waals surface area contributed by atoms with E-state index in [1.807, 2.05) is 36.0 Å². The number of nitrogens with two attached hydrogens (primary N) is 1. The standard InChI is InChI=1S/C17H20ClNS/c1-2-16(19)17(14-10-6-7-11-15(14)18)20-12-13-8-4-3-5-9-13/h3-11,16-17H,2,12,19H2,1H3. The molecule has 0 saturated carbocycles. The van der Waals surface area contributed by atoms with Crippen molar-refractivity contribution in [3.63, 3.8) is 0 Å². The van der Waals surface area contributed by atoms with Crippen LogP contribution in [0.15, 0.2) is 54.6 Å². The zero-order chi connectivity index (χ0) is 14.4. The minimum Gasteiger partial charge on any atom is -0.326 e. The van der Waals surface area contributed by atoms with Crippen LogP contribution in [0.25, 0.3) is 0 Å². The van der Waals surface area contributed by atoms with Crippen molar-refractivity contribution in [1.82, 2.24) is 0 Å². The van der Waals surface area contributed by atoms with E-state index in [-0.39, 0.29) is 11.3 Å². The lowest BCUT2D eigenvalue weighted by molar-refractivity contribution is 0.634. The van der Waals surface area contributed by atoms with Crippen molar-refractivity contribution < 1.29 is 0 Å². The van der Waals surface area contributed by atoms with Crippen LogP contribution in [0.2, 0.25) is 5.02 Å². The molecule has 0 aliphatic rings. The molecule has 106 valence electrons. The van der Waals surface area contributed by atoms with E-state index >= 15 is 0 Å². The first kappa shape index (κ1) is 15.4. The van der Waals surface area contributed by atoms with Crippen LogP contribution in [0.1, 0.15) is 29.7 Å². The van der Waals surface area contributed by atoms with Crippen LogP contribution in [0, 0.1) is 0 Å². The molecule has 2 atom stereocenters. The Kier molecular flexibility index (Phi) is 5.96. The lowest BCUT2D eigenvalue weighted by Crippen LogP contribution is -2.26. The molecule has 2 rings (SSSR count). The van der Waals surface area contributed by atoms with Crippen molar-refractivity contribution in [3.8, 4) is 0 Å². The first-order valence-corrected chi connectivity index (χ1v) is 8.30. The van der Waals surface area contributed by atoms with Gasteiger partial charge in [-0.1, -0.05) is 67.1 Å². The minimum atomic E-state index is 0.114. The highest BCUT2D eigenvalue weighted by Gasteiger charge is 2.21. The van der Waals surface area contributed by atoms with Crippen molar-refractivity contribution in [2.75, 3.05) is 0 Å². The Morgan fingerprint density at radius 3 is 2.35 bits per heavy atom. The molecular weight excluding hydrogens is 286 g/mol. The summed E-state index contributed by atoms with van der Waals surface area (Å²) in [6.45, 7) is 2.12. The fourth-order valence-corrected chi connectivity index (χ4v) is 3.83. The van der Waals surface area contributed by atoms with Crippen molar-refractivity contribution in [2.24, 2.45) is 5.73 Å². The summed E-state index contributed by atoms with van der Waals surface area (Å²) in [6, 6.07) is 18.6. The van der Waals surface area contributed by atoms with Gasteiger partial charge in [-0.25, -0.2) is 0 Å². The zero-order valence-electron chi connectivity index (χ0n) is 11.6. The monoisotopic (exact) mass is 305 g/mol. The van der Waals surface area contributed by atoms with E-state index in [9.17, 15) is 0 Å². The van der Waals surface area contributed by atoms with E-state index < -0.39 is 0 Å². The maximum absolute atomic E-state index is 6.33. The second kappa shape index (κ2) is 7.72. The molecule has 20 heavy (non-hydrogen) atoms. The van der Waals surface area contributed by atoms with Gasteiger partial charge in [0.25, 0.3) is 0 Å². The number of hydrogen-bond donors (Lipinski definition) is 1. The third-order valence-electron chi connectivity index (χ3n) is 3.34. The molecule has 2 N–H and O–H groups in total. The summed E-state index contributed by atoms with van der Waals surface area (Å²) >= 11 is 8.20. The number of hydrogen-bond acceptors (Lipinski definition) is 2. The van der Waals surface area contributed by atoms with Crippen molar-refractivity contribution in [2.45, 2.75) is 30.4 Å². The summed E-state index contributed by atoms with van der Waals surface area (Å²) < 4.78 is 0. The lowest BCUT2D eigenvalue weighted by Gasteiger charge is -2.24. The highest BCUT2D eigenvalue weighted by Crippen LogP contribution is 2.38. The van der Waals surface area contributed by atoms with Crippen LogP contribution < -0.4 is 5.73 Å². The number of rotatable bonds is 6. The average molecular weight is 306 g/mol. The van der Waals surface area contributed by atoms with Crippen molar-refractivity contribution >= 4 is 23.4 Å². The Morgan fingerprint density at radius 1 is 1.05 bits per heavy atom. The molecule has 0 amide bonds. The Balaban J connectivity index is 2.15. The molecule has 0 radical (unpaired) electrons. The van der Waals surface area contributed by atoms with E-state index in [0.29, 0.717) is 0 Å². The fourth-order valence-electron chi connectivity index (χ4n) is 2.12. The molecule has 0 bridgehead atoms. The second-order valence-corrected chi connectivity index (χ2v) is 6.35. The second-order valence-electron chi connectivity index (χ2n) is 4.81. The van der Waals surface area contributed by atoms with Crippen LogP contribution >= 0.6 is 23.4 Å². The van der Waals surface area contributed by atoms with Gasteiger partial charge in [-0.3, -0.25) is 0 Å². The van der Waals surface area contributed by atoms with Crippen LogP contribution in [0.4, 0.5) is 0 Å². The first-order valence-electron chi connectivity index (χ1n) is 6.88. The molecule has 0 saturated heterocycles. The molecule has 0 aliphatic heterocycles. The molecule has 0 heterocycles. The predicted molar refractivity (Wildman–Crippen MR) is 90.2 cm³/mol. The van der Waals surface area contributed by atoms with Gasteiger partial charge in [0.05, 0.1) is 0 Å². The van der Waals surface area contributed by atoms with Gasteiger partial charge >= 0.3 is 0 Å². The van der Waals surface area contributed by atoms with Gasteiger partial charge in [0, 0.05) is 22.1 Å². The van der Waals surface area contributed by atoms with Crippen LogP contribution in [-0.2, 0) is 5.75 Å². The molecule has 1 nitrogen and oxygen atoms in total. The van der Waals surface area contributed by atoms with Gasteiger partial charge in [0.1, 0.15) is 0 Å². The highest BCUT2D eigenvalue weighted by molar-refractivity contribution is 7.98. The van der Waals surface area contributed by atoms with Gasteiger partial charge in [-0.2, -0.15) is 0 Å². The third-order valence-corrected chi connectivity index (χ3v) is 5.15. The third kappa shape index (κ3) is 4.02. The largest absolute Gasteiger partial charge is 0.326 e. The normalized spacial score (nSPS) is 13.9. The van der Waals surface area contributed by atoms with E-state index in [0.717, 1.165) is 22.8 Å². The lowest BCUT2D eigenvalue weighted by atomic mass is 10.0. The summed E-state index contributed by atoms with van der Waals surface area (Å²) in [7, 11) is 0. The minimum absolute atomic E-state index is 0.114. The summed E-state index contributed by atoms with van der Waals surface area (Å²) in [4.78, 5) is 0. The van der Waals surface area contributed by atoms with E-state index in [1.165, 1.54) is 5.56 Å². The molecule has 2 aromatic rings. The van der Waals surface area contributed by atoms with Gasteiger partial charge in [-0.05, 0) is 23.6 Å². The van der Waals surface area contributed by atoms with Gasteiger partial charge < -0.3 is 5.73 Å².